The fraction of sp³-hybridized carbons (Fsp3) is 0.176. The molecule has 2 heterocycles. The van der Waals surface area contributed by atoms with Gasteiger partial charge in [-0.3, -0.25) is 4.79 Å². The predicted molar refractivity (Wildman–Crippen MR) is 104 cm³/mol. The monoisotopic (exact) mass is 388 g/mol. The van der Waals surface area contributed by atoms with Gasteiger partial charge in [-0.05, 0) is 38.1 Å². The van der Waals surface area contributed by atoms with Crippen LogP contribution in [-0.2, 0) is 4.79 Å². The van der Waals surface area contributed by atoms with Crippen LogP contribution in [0.25, 0.3) is 10.2 Å². The third-order valence-corrected chi connectivity index (χ3v) is 5.68. The van der Waals surface area contributed by atoms with Crippen LogP contribution in [0.1, 0.15) is 28.4 Å². The number of hydrazone groups is 1. The van der Waals surface area contributed by atoms with Crippen molar-refractivity contribution in [2.45, 2.75) is 19.9 Å². The van der Waals surface area contributed by atoms with Crippen LogP contribution in [0.2, 0.25) is 0 Å². The van der Waals surface area contributed by atoms with E-state index in [4.69, 9.17) is 5.11 Å². The molecule has 9 heteroatoms. The fourth-order valence-corrected chi connectivity index (χ4v) is 3.87. The van der Waals surface area contributed by atoms with Crippen molar-refractivity contribution in [1.82, 2.24) is 10.4 Å². The number of carboxylic acids is 1. The Bertz CT molecular complexity index is 960. The minimum atomic E-state index is -0.980. The first kappa shape index (κ1) is 18.0. The summed E-state index contributed by atoms with van der Waals surface area (Å²) >= 11 is 2.59. The largest absolute Gasteiger partial charge is 0.477 e. The number of thiophene rings is 1. The molecular weight excluding hydrogens is 372 g/mol. The van der Waals surface area contributed by atoms with E-state index in [-0.39, 0.29) is 10.8 Å². The van der Waals surface area contributed by atoms with Crippen molar-refractivity contribution in [3.8, 4) is 0 Å². The van der Waals surface area contributed by atoms with Crippen molar-refractivity contribution in [2.75, 3.05) is 5.32 Å². The maximum Gasteiger partial charge on any atom is 0.345 e. The molecule has 0 aliphatic rings. The molecule has 26 heavy (non-hydrogen) atoms. The number of hydrogen-bond donors (Lipinski definition) is 3. The van der Waals surface area contributed by atoms with Gasteiger partial charge < -0.3 is 10.4 Å². The van der Waals surface area contributed by atoms with Gasteiger partial charge in [0.1, 0.15) is 10.9 Å². The van der Waals surface area contributed by atoms with Crippen molar-refractivity contribution in [1.29, 1.82) is 0 Å². The van der Waals surface area contributed by atoms with Gasteiger partial charge in [0.25, 0.3) is 5.91 Å². The van der Waals surface area contributed by atoms with Crippen LogP contribution < -0.4 is 10.7 Å². The highest BCUT2D eigenvalue weighted by atomic mass is 32.1. The van der Waals surface area contributed by atoms with Gasteiger partial charge in [-0.2, -0.15) is 5.10 Å². The van der Waals surface area contributed by atoms with Gasteiger partial charge in [0.2, 0.25) is 0 Å². The van der Waals surface area contributed by atoms with Crippen LogP contribution in [-0.4, -0.2) is 33.7 Å². The van der Waals surface area contributed by atoms with E-state index < -0.39 is 12.0 Å². The average Bonchev–Trinajstić information content (AvgIpc) is 3.25. The normalized spacial score (nSPS) is 12.8. The first-order valence-corrected chi connectivity index (χ1v) is 9.37. The van der Waals surface area contributed by atoms with Crippen LogP contribution >= 0.6 is 22.7 Å². The average molecular weight is 388 g/mol. The van der Waals surface area contributed by atoms with Crippen LogP contribution in [0.4, 0.5) is 5.13 Å². The summed E-state index contributed by atoms with van der Waals surface area (Å²) in [5.41, 5.74) is 3.92. The number of nitrogens with one attached hydrogen (secondary N) is 2. The minimum Gasteiger partial charge on any atom is -0.477 e. The number of fused-ring (bicyclic) bond motifs is 1. The number of carboxylic acid groups (broad SMARTS) is 1. The summed E-state index contributed by atoms with van der Waals surface area (Å²) in [6, 6.07) is 10.4. The molecule has 0 radical (unpaired) electrons. The summed E-state index contributed by atoms with van der Waals surface area (Å²) in [6.07, 6.45) is 0. The van der Waals surface area contributed by atoms with Crippen LogP contribution in [0.15, 0.2) is 41.5 Å². The number of benzene rings is 1. The Kier molecular flexibility index (Phi) is 5.29. The zero-order chi connectivity index (χ0) is 18.7. The van der Waals surface area contributed by atoms with Gasteiger partial charge in [0.15, 0.2) is 5.13 Å². The molecule has 0 aliphatic heterocycles. The van der Waals surface area contributed by atoms with Gasteiger partial charge in [-0.1, -0.05) is 23.5 Å². The number of hydrogen-bond acceptors (Lipinski definition) is 7. The number of rotatable bonds is 6. The van der Waals surface area contributed by atoms with E-state index >= 15 is 0 Å². The second-order valence-corrected chi connectivity index (χ2v) is 7.61. The molecular formula is C17H16N4O3S2. The highest BCUT2D eigenvalue weighted by Gasteiger charge is 2.15. The molecule has 3 rings (SSSR count). The molecule has 0 unspecified atom stereocenters. The van der Waals surface area contributed by atoms with Gasteiger partial charge >= 0.3 is 5.97 Å². The highest BCUT2D eigenvalue weighted by Crippen LogP contribution is 2.25. The summed E-state index contributed by atoms with van der Waals surface area (Å²) in [5.74, 6) is -1.29. The lowest BCUT2D eigenvalue weighted by molar-refractivity contribution is -0.121. The van der Waals surface area contributed by atoms with E-state index in [9.17, 15) is 9.59 Å². The van der Waals surface area contributed by atoms with E-state index in [0.29, 0.717) is 15.7 Å². The van der Waals surface area contributed by atoms with Gasteiger partial charge in [-0.25, -0.2) is 15.2 Å². The number of aromatic nitrogens is 1. The Hall–Kier alpha value is -2.78. The minimum absolute atomic E-state index is 0.228. The van der Waals surface area contributed by atoms with Crippen molar-refractivity contribution < 1.29 is 14.7 Å². The summed E-state index contributed by atoms with van der Waals surface area (Å²) in [7, 11) is 0. The number of para-hydroxylation sites is 1. The molecule has 3 N–H and O–H groups in total. The lowest BCUT2D eigenvalue weighted by atomic mass is 10.3. The molecule has 3 aromatic rings. The fourth-order valence-electron chi connectivity index (χ4n) is 2.12. The number of thiazole rings is 1. The van der Waals surface area contributed by atoms with Gasteiger partial charge in [0.05, 0.1) is 20.8 Å². The Labute approximate surface area is 157 Å². The Balaban J connectivity index is 1.61. The SMILES string of the molecule is C/C(=N/NC(=O)[C@H](C)Nc1nc2ccccc2s1)c1ccc(C(=O)O)s1. The van der Waals surface area contributed by atoms with Crippen LogP contribution in [0.5, 0.6) is 0 Å². The number of nitrogens with zero attached hydrogens (tertiary/aromatic N) is 2. The number of aromatic carboxylic acids is 1. The smallest absolute Gasteiger partial charge is 0.345 e. The molecule has 1 aromatic carbocycles. The second-order valence-electron chi connectivity index (χ2n) is 5.50. The zero-order valence-corrected chi connectivity index (χ0v) is 15.6. The van der Waals surface area contributed by atoms with E-state index in [2.05, 4.69) is 20.8 Å². The molecule has 1 amide bonds. The quantitative estimate of drug-likeness (QED) is 0.443. The summed E-state index contributed by atoms with van der Waals surface area (Å²) in [5, 5.41) is 16.7. The van der Waals surface area contributed by atoms with E-state index in [1.807, 2.05) is 24.3 Å². The lowest BCUT2D eigenvalue weighted by Gasteiger charge is -2.10. The highest BCUT2D eigenvalue weighted by molar-refractivity contribution is 7.22. The van der Waals surface area contributed by atoms with Crippen molar-refractivity contribution in [3.63, 3.8) is 0 Å². The topological polar surface area (TPSA) is 104 Å². The third-order valence-electron chi connectivity index (χ3n) is 3.53. The van der Waals surface area contributed by atoms with Gasteiger partial charge in [-0.15, -0.1) is 11.3 Å². The maximum atomic E-state index is 12.2. The van der Waals surface area contributed by atoms with Crippen molar-refractivity contribution in [3.05, 3.63) is 46.2 Å². The number of carbonyl (C=O) groups excluding carboxylic acids is 1. The van der Waals surface area contributed by atoms with Crippen molar-refractivity contribution in [2.24, 2.45) is 5.10 Å². The first-order chi connectivity index (χ1) is 12.4. The molecule has 0 spiro atoms. The molecule has 2 aromatic heterocycles. The lowest BCUT2D eigenvalue weighted by Crippen LogP contribution is -2.35. The molecule has 0 saturated heterocycles. The first-order valence-electron chi connectivity index (χ1n) is 7.74. The number of anilines is 1. The van der Waals surface area contributed by atoms with E-state index in [1.54, 1.807) is 19.9 Å². The molecule has 0 aliphatic carbocycles. The van der Waals surface area contributed by atoms with Crippen LogP contribution in [0.3, 0.4) is 0 Å². The third kappa shape index (κ3) is 4.06. The summed E-state index contributed by atoms with van der Waals surface area (Å²) in [4.78, 5) is 28.5. The van der Waals surface area contributed by atoms with E-state index in [1.165, 1.54) is 17.4 Å². The van der Waals surface area contributed by atoms with E-state index in [0.717, 1.165) is 21.6 Å². The molecule has 134 valence electrons. The second kappa shape index (κ2) is 7.63. The molecule has 0 saturated carbocycles. The molecule has 0 bridgehead atoms. The number of amides is 1. The van der Waals surface area contributed by atoms with Crippen molar-refractivity contribution >= 4 is 55.6 Å². The summed E-state index contributed by atoms with van der Waals surface area (Å²) < 4.78 is 1.04. The van der Waals surface area contributed by atoms with Crippen LogP contribution in [0, 0.1) is 0 Å². The predicted octanol–water partition coefficient (Wildman–Crippen LogP) is 3.40. The molecule has 1 atom stereocenters. The Morgan fingerprint density at radius 3 is 2.58 bits per heavy atom. The Morgan fingerprint density at radius 2 is 1.88 bits per heavy atom. The standard InChI is InChI=1S/C17H16N4O3S2/c1-9(12-7-8-14(25-12)16(23)24)20-21-15(22)10(2)18-17-19-11-5-3-4-6-13(11)26-17/h3-8,10H,1-2H3,(H,18,19)(H,21,22)(H,23,24)/b20-9-/t10-/m0/s1. The maximum absolute atomic E-state index is 12.2. The molecule has 7 nitrogen and oxygen atoms in total. The Morgan fingerprint density at radius 1 is 1.15 bits per heavy atom. The summed E-state index contributed by atoms with van der Waals surface area (Å²) in [6.45, 7) is 3.43. The molecule has 0 fully saturated rings. The zero-order valence-electron chi connectivity index (χ0n) is 14.0. The number of carbonyl (C=O) groups is 2. The van der Waals surface area contributed by atoms with Gasteiger partial charge in [0, 0.05) is 0 Å².